The van der Waals surface area contributed by atoms with Gasteiger partial charge in [-0.2, -0.15) is 0 Å². The topological polar surface area (TPSA) is 52.9 Å². The van der Waals surface area contributed by atoms with E-state index in [0.29, 0.717) is 26.3 Å². The Bertz CT molecular complexity index is 1280. The number of carbonyl (C=O) groups excluding carboxylic acids is 1. The third-order valence-corrected chi connectivity index (χ3v) is 6.40. The molecule has 4 rings (SSSR count). The molecule has 6 nitrogen and oxygen atoms in total. The molecule has 0 N–H and O–H groups in total. The summed E-state index contributed by atoms with van der Waals surface area (Å²) in [5, 5.41) is 0. The highest BCUT2D eigenvalue weighted by Crippen LogP contribution is 2.25. The van der Waals surface area contributed by atoms with Gasteiger partial charge in [-0.1, -0.05) is 42.5 Å². The van der Waals surface area contributed by atoms with E-state index < -0.39 is 0 Å². The van der Waals surface area contributed by atoms with E-state index in [1.807, 2.05) is 49.4 Å². The minimum absolute atomic E-state index is 0.210. The van der Waals surface area contributed by atoms with Crippen LogP contribution in [-0.4, -0.2) is 42.3 Å². The van der Waals surface area contributed by atoms with Gasteiger partial charge < -0.3 is 18.8 Å². The summed E-state index contributed by atoms with van der Waals surface area (Å²) < 4.78 is 18.8. The molecule has 0 radical (unpaired) electrons. The predicted octanol–water partition coefficient (Wildman–Crippen LogP) is 6.12. The summed E-state index contributed by atoms with van der Waals surface area (Å²) in [4.78, 5) is 14.3. The van der Waals surface area contributed by atoms with Gasteiger partial charge in [-0.05, 0) is 79.1 Å². The lowest BCUT2D eigenvalue weighted by Crippen LogP contribution is -2.30. The summed E-state index contributed by atoms with van der Waals surface area (Å²) in [6, 6.07) is 30.7. The van der Waals surface area contributed by atoms with E-state index in [2.05, 4.69) is 64.9 Å². The molecule has 1 heterocycles. The van der Waals surface area contributed by atoms with Gasteiger partial charge in [0.2, 0.25) is 0 Å². The smallest absolute Gasteiger partial charge is 0.320 e. The largest absolute Gasteiger partial charge is 0.497 e. The van der Waals surface area contributed by atoms with Crippen LogP contribution < -0.4 is 9.47 Å². The van der Waals surface area contributed by atoms with E-state index in [-0.39, 0.29) is 12.5 Å². The van der Waals surface area contributed by atoms with Crippen molar-refractivity contribution in [2.75, 3.05) is 26.9 Å². The molecule has 0 spiro atoms. The van der Waals surface area contributed by atoms with Crippen LogP contribution in [0.1, 0.15) is 23.7 Å². The van der Waals surface area contributed by atoms with Gasteiger partial charge >= 0.3 is 5.97 Å². The summed E-state index contributed by atoms with van der Waals surface area (Å²) in [7, 11) is 1.68. The number of hydrogen-bond donors (Lipinski definition) is 0. The van der Waals surface area contributed by atoms with Crippen molar-refractivity contribution in [1.82, 2.24) is 9.47 Å². The molecule has 1 aromatic heterocycles. The van der Waals surface area contributed by atoms with Crippen molar-refractivity contribution in [2.24, 2.45) is 0 Å². The zero-order valence-corrected chi connectivity index (χ0v) is 22.4. The molecule has 0 bridgehead atoms. The van der Waals surface area contributed by atoms with Gasteiger partial charge in [0.25, 0.3) is 0 Å². The minimum Gasteiger partial charge on any atom is -0.497 e. The van der Waals surface area contributed by atoms with E-state index in [1.165, 1.54) is 5.69 Å². The first-order valence-electron chi connectivity index (χ1n) is 13.0. The van der Waals surface area contributed by atoms with Crippen molar-refractivity contribution in [2.45, 2.75) is 33.5 Å². The van der Waals surface area contributed by atoms with Crippen LogP contribution in [0.4, 0.5) is 0 Å². The Morgan fingerprint density at radius 2 is 1.47 bits per heavy atom. The van der Waals surface area contributed by atoms with Crippen molar-refractivity contribution >= 4 is 5.97 Å². The summed E-state index contributed by atoms with van der Waals surface area (Å²) in [6.07, 6.45) is 0. The van der Waals surface area contributed by atoms with Crippen LogP contribution in [-0.2, 0) is 29.2 Å². The van der Waals surface area contributed by atoms with Gasteiger partial charge in [0.05, 0.1) is 26.8 Å². The van der Waals surface area contributed by atoms with E-state index in [0.717, 1.165) is 40.4 Å². The summed E-state index contributed by atoms with van der Waals surface area (Å²) in [6.45, 7) is 7.18. The Balaban J connectivity index is 1.35. The third kappa shape index (κ3) is 7.49. The van der Waals surface area contributed by atoms with Gasteiger partial charge in [-0.15, -0.1) is 0 Å². The summed E-state index contributed by atoms with van der Waals surface area (Å²) in [5.41, 5.74) is 5.76. The van der Waals surface area contributed by atoms with E-state index in [9.17, 15) is 4.79 Å². The molecule has 198 valence electrons. The molecule has 0 atom stereocenters. The number of rotatable bonds is 13. The zero-order chi connectivity index (χ0) is 26.7. The highest BCUT2D eigenvalue weighted by molar-refractivity contribution is 5.71. The van der Waals surface area contributed by atoms with Crippen LogP contribution in [0.2, 0.25) is 0 Å². The van der Waals surface area contributed by atoms with Crippen LogP contribution in [0.5, 0.6) is 11.5 Å². The molecule has 0 aliphatic heterocycles. The fraction of sp³-hybridized carbons (Fsp3) is 0.281. The van der Waals surface area contributed by atoms with Crippen molar-refractivity contribution in [3.05, 3.63) is 108 Å². The number of ether oxygens (including phenoxy) is 3. The van der Waals surface area contributed by atoms with Crippen LogP contribution in [0.15, 0.2) is 91.0 Å². The normalized spacial score (nSPS) is 10.9. The fourth-order valence-corrected chi connectivity index (χ4v) is 4.48. The maximum Gasteiger partial charge on any atom is 0.320 e. The molecule has 0 aliphatic rings. The van der Waals surface area contributed by atoms with Crippen LogP contribution in [0.3, 0.4) is 0 Å². The highest BCUT2D eigenvalue weighted by atomic mass is 16.5. The number of esters is 1. The second kappa shape index (κ2) is 13.5. The average molecular weight is 513 g/mol. The molecule has 0 saturated heterocycles. The Labute approximate surface area is 225 Å². The SMILES string of the molecule is CCOC(=O)CN(Cc1ccccc1)Cc1ccc(OCCn2c(C)ccc2-c2ccc(OC)cc2)cc1. The monoisotopic (exact) mass is 512 g/mol. The lowest BCUT2D eigenvalue weighted by molar-refractivity contribution is -0.144. The lowest BCUT2D eigenvalue weighted by atomic mass is 10.1. The van der Waals surface area contributed by atoms with Crippen molar-refractivity contribution < 1.29 is 19.0 Å². The standard InChI is InChI=1S/C32H36N2O4/c1-4-37-32(35)24-33(22-26-8-6-5-7-9-26)23-27-11-15-30(16-12-27)38-21-20-34-25(2)10-19-31(34)28-13-17-29(36-3)18-14-28/h5-19H,4,20-24H2,1-3H3. The first kappa shape index (κ1) is 27.0. The Morgan fingerprint density at radius 1 is 0.816 bits per heavy atom. The Hall–Kier alpha value is -4.03. The quantitative estimate of drug-likeness (QED) is 0.202. The van der Waals surface area contributed by atoms with Gasteiger partial charge in [0.15, 0.2) is 0 Å². The molecule has 6 heteroatoms. The summed E-state index contributed by atoms with van der Waals surface area (Å²) >= 11 is 0. The number of benzene rings is 3. The molecule has 0 saturated carbocycles. The number of aromatic nitrogens is 1. The van der Waals surface area contributed by atoms with Crippen molar-refractivity contribution in [3.8, 4) is 22.8 Å². The second-order valence-electron chi connectivity index (χ2n) is 9.17. The maximum absolute atomic E-state index is 12.2. The first-order chi connectivity index (χ1) is 18.6. The lowest BCUT2D eigenvalue weighted by Gasteiger charge is -2.22. The summed E-state index contributed by atoms with van der Waals surface area (Å²) in [5.74, 6) is 1.46. The number of hydrogen-bond acceptors (Lipinski definition) is 5. The molecule has 3 aromatic carbocycles. The number of carbonyl (C=O) groups is 1. The Morgan fingerprint density at radius 3 is 2.13 bits per heavy atom. The molecular weight excluding hydrogens is 476 g/mol. The average Bonchev–Trinajstić information content (AvgIpc) is 3.30. The van der Waals surface area contributed by atoms with Crippen LogP contribution >= 0.6 is 0 Å². The number of aryl methyl sites for hydroxylation is 1. The highest BCUT2D eigenvalue weighted by Gasteiger charge is 2.13. The van der Waals surface area contributed by atoms with Gasteiger partial charge in [0, 0.05) is 24.5 Å². The van der Waals surface area contributed by atoms with Gasteiger partial charge in [-0.3, -0.25) is 9.69 Å². The molecule has 0 fully saturated rings. The van der Waals surface area contributed by atoms with Crippen LogP contribution in [0.25, 0.3) is 11.3 Å². The number of nitrogens with zero attached hydrogens (tertiary/aromatic N) is 2. The van der Waals surface area contributed by atoms with Gasteiger partial charge in [0.1, 0.15) is 18.1 Å². The predicted molar refractivity (Wildman–Crippen MR) is 150 cm³/mol. The molecule has 38 heavy (non-hydrogen) atoms. The fourth-order valence-electron chi connectivity index (χ4n) is 4.48. The van der Waals surface area contributed by atoms with Crippen molar-refractivity contribution in [1.29, 1.82) is 0 Å². The van der Waals surface area contributed by atoms with E-state index in [4.69, 9.17) is 14.2 Å². The third-order valence-electron chi connectivity index (χ3n) is 6.40. The van der Waals surface area contributed by atoms with E-state index in [1.54, 1.807) is 7.11 Å². The minimum atomic E-state index is -0.210. The number of methoxy groups -OCH3 is 1. The molecule has 0 amide bonds. The molecular formula is C32H36N2O4. The Kier molecular flexibility index (Phi) is 9.59. The van der Waals surface area contributed by atoms with Crippen LogP contribution in [0, 0.1) is 6.92 Å². The van der Waals surface area contributed by atoms with E-state index >= 15 is 0 Å². The second-order valence-corrected chi connectivity index (χ2v) is 9.17. The maximum atomic E-state index is 12.2. The first-order valence-corrected chi connectivity index (χ1v) is 13.0. The molecule has 0 aliphatic carbocycles. The molecule has 4 aromatic rings. The molecule has 0 unspecified atom stereocenters. The zero-order valence-electron chi connectivity index (χ0n) is 22.4. The van der Waals surface area contributed by atoms with Crippen molar-refractivity contribution in [3.63, 3.8) is 0 Å². The van der Waals surface area contributed by atoms with Gasteiger partial charge in [-0.25, -0.2) is 0 Å².